The van der Waals surface area contributed by atoms with Crippen LogP contribution in [-0.4, -0.2) is 45.5 Å². The molecule has 2 aliphatic carbocycles. The van der Waals surface area contributed by atoms with Crippen molar-refractivity contribution in [3.8, 4) is 5.75 Å². The minimum absolute atomic E-state index is 0.0211. The second-order valence-electron chi connectivity index (χ2n) is 8.43. The Balaban J connectivity index is 1.76. The predicted molar refractivity (Wildman–Crippen MR) is 119 cm³/mol. The highest BCUT2D eigenvalue weighted by Crippen LogP contribution is 2.36. The maximum absolute atomic E-state index is 13.7. The van der Waals surface area contributed by atoms with Gasteiger partial charge >= 0.3 is 0 Å². The first kappa shape index (κ1) is 21.7. The fraction of sp³-hybridized carbons (Fsp3) is 0.565. The van der Waals surface area contributed by atoms with Gasteiger partial charge in [0, 0.05) is 23.0 Å². The number of carbonyl (C=O) groups excluding carboxylic acids is 2. The number of para-hydroxylation sites is 1. The number of amides is 2. The van der Waals surface area contributed by atoms with Crippen molar-refractivity contribution in [3.63, 3.8) is 0 Å². The molecule has 1 unspecified atom stereocenters. The van der Waals surface area contributed by atoms with E-state index < -0.39 is 6.04 Å². The van der Waals surface area contributed by atoms with E-state index in [4.69, 9.17) is 4.74 Å². The molecule has 2 aliphatic rings. The fourth-order valence-electron chi connectivity index (χ4n) is 4.90. The van der Waals surface area contributed by atoms with E-state index in [-0.39, 0.29) is 23.9 Å². The van der Waals surface area contributed by atoms with E-state index >= 15 is 0 Å². The monoisotopic (exact) mass is 442 g/mol. The zero-order valence-corrected chi connectivity index (χ0v) is 18.8. The summed E-state index contributed by atoms with van der Waals surface area (Å²) in [5.41, 5.74) is 1.01. The Hall–Kier alpha value is -2.48. The van der Waals surface area contributed by atoms with Gasteiger partial charge in [-0.05, 0) is 43.3 Å². The summed E-state index contributed by atoms with van der Waals surface area (Å²) < 4.78 is 9.49. The van der Waals surface area contributed by atoms with Crippen molar-refractivity contribution in [3.05, 3.63) is 40.9 Å². The molecular weight excluding hydrogens is 412 g/mol. The van der Waals surface area contributed by atoms with Crippen LogP contribution in [-0.2, 0) is 4.79 Å². The lowest BCUT2D eigenvalue weighted by atomic mass is 9.91. The molecule has 31 heavy (non-hydrogen) atoms. The number of rotatable bonds is 7. The quantitative estimate of drug-likeness (QED) is 0.697. The maximum Gasteiger partial charge on any atom is 0.276 e. The first-order valence-electron chi connectivity index (χ1n) is 11.2. The summed E-state index contributed by atoms with van der Waals surface area (Å²) >= 11 is 1.15. The van der Waals surface area contributed by atoms with Gasteiger partial charge in [0.15, 0.2) is 5.69 Å². The Bertz CT molecular complexity index is 877. The number of ether oxygens (including phenoxy) is 1. The number of methoxy groups -OCH3 is 1. The van der Waals surface area contributed by atoms with Crippen LogP contribution in [0.2, 0.25) is 0 Å². The van der Waals surface area contributed by atoms with Gasteiger partial charge in [0.25, 0.3) is 5.91 Å². The molecule has 166 valence electrons. The summed E-state index contributed by atoms with van der Waals surface area (Å²) in [6, 6.07) is 6.88. The molecule has 7 nitrogen and oxygen atoms in total. The Kier molecular flexibility index (Phi) is 7.17. The van der Waals surface area contributed by atoms with Crippen LogP contribution < -0.4 is 10.1 Å². The van der Waals surface area contributed by atoms with Crippen molar-refractivity contribution in [1.82, 2.24) is 19.8 Å². The molecule has 2 amide bonds. The van der Waals surface area contributed by atoms with E-state index in [9.17, 15) is 9.59 Å². The van der Waals surface area contributed by atoms with E-state index in [0.29, 0.717) is 17.0 Å². The number of benzene rings is 1. The highest BCUT2D eigenvalue weighted by Gasteiger charge is 2.40. The van der Waals surface area contributed by atoms with Gasteiger partial charge in [-0.3, -0.25) is 9.59 Å². The molecule has 0 radical (unpaired) electrons. The molecule has 1 atom stereocenters. The molecule has 2 fully saturated rings. The average molecular weight is 443 g/mol. The van der Waals surface area contributed by atoms with E-state index in [2.05, 4.69) is 14.9 Å². The Morgan fingerprint density at radius 2 is 1.81 bits per heavy atom. The molecule has 1 aromatic carbocycles. The minimum Gasteiger partial charge on any atom is -0.496 e. The third-order valence-corrected chi connectivity index (χ3v) is 6.95. The molecule has 0 saturated heterocycles. The van der Waals surface area contributed by atoms with Crippen LogP contribution in [0.1, 0.15) is 79.9 Å². The van der Waals surface area contributed by atoms with Crippen molar-refractivity contribution in [2.45, 2.75) is 75.9 Å². The lowest BCUT2D eigenvalue weighted by molar-refractivity contribution is -0.127. The van der Waals surface area contributed by atoms with Gasteiger partial charge in [0.2, 0.25) is 5.91 Å². The summed E-state index contributed by atoms with van der Waals surface area (Å²) in [6.07, 6.45) is 9.23. The molecule has 2 saturated carbocycles. The molecule has 1 heterocycles. The summed E-state index contributed by atoms with van der Waals surface area (Å²) in [7, 11) is 1.60. The number of nitrogens with one attached hydrogen (secondary N) is 1. The van der Waals surface area contributed by atoms with Crippen molar-refractivity contribution in [2.24, 2.45) is 0 Å². The van der Waals surface area contributed by atoms with Gasteiger partial charge in [-0.25, -0.2) is 0 Å². The van der Waals surface area contributed by atoms with E-state index in [1.807, 2.05) is 24.3 Å². The van der Waals surface area contributed by atoms with Gasteiger partial charge in [0.05, 0.1) is 7.11 Å². The lowest BCUT2D eigenvalue weighted by Gasteiger charge is -2.39. The van der Waals surface area contributed by atoms with Crippen molar-refractivity contribution >= 4 is 23.3 Å². The smallest absolute Gasteiger partial charge is 0.276 e. The van der Waals surface area contributed by atoms with Crippen LogP contribution in [0.3, 0.4) is 0 Å². The van der Waals surface area contributed by atoms with Crippen LogP contribution in [0.5, 0.6) is 5.75 Å². The minimum atomic E-state index is -0.769. The molecule has 4 rings (SSSR count). The van der Waals surface area contributed by atoms with Gasteiger partial charge < -0.3 is 15.0 Å². The average Bonchev–Trinajstić information content (AvgIpc) is 3.52. The van der Waals surface area contributed by atoms with Crippen molar-refractivity contribution < 1.29 is 14.3 Å². The molecule has 2 aromatic rings. The lowest BCUT2D eigenvalue weighted by Crippen LogP contribution is -2.51. The summed E-state index contributed by atoms with van der Waals surface area (Å²) in [5.74, 6) is 0.232. The topological polar surface area (TPSA) is 84.4 Å². The first-order chi connectivity index (χ1) is 15.2. The van der Waals surface area contributed by atoms with Crippen molar-refractivity contribution in [1.29, 1.82) is 0 Å². The predicted octanol–water partition coefficient (Wildman–Crippen LogP) is 4.12. The zero-order valence-electron chi connectivity index (χ0n) is 18.0. The van der Waals surface area contributed by atoms with Gasteiger partial charge in [-0.1, -0.05) is 54.8 Å². The Labute approximate surface area is 187 Å². The number of carbonyl (C=O) groups is 2. The normalized spacial score (nSPS) is 18.5. The second kappa shape index (κ2) is 10.2. The number of aromatic nitrogens is 2. The van der Waals surface area contributed by atoms with Gasteiger partial charge in [-0.2, -0.15) is 0 Å². The van der Waals surface area contributed by atoms with Gasteiger partial charge in [-0.15, -0.1) is 5.10 Å². The van der Waals surface area contributed by atoms with Crippen molar-refractivity contribution in [2.75, 3.05) is 7.11 Å². The van der Waals surface area contributed by atoms with E-state index in [1.54, 1.807) is 17.4 Å². The third-order valence-electron chi connectivity index (χ3n) is 6.44. The summed E-state index contributed by atoms with van der Waals surface area (Å²) in [6.45, 7) is 0. The van der Waals surface area contributed by atoms with Crippen LogP contribution in [0, 0.1) is 0 Å². The molecule has 1 N–H and O–H groups in total. The largest absolute Gasteiger partial charge is 0.496 e. The zero-order chi connectivity index (χ0) is 21.6. The summed E-state index contributed by atoms with van der Waals surface area (Å²) in [5, 5.41) is 8.91. The van der Waals surface area contributed by atoms with Crippen LogP contribution >= 0.6 is 11.5 Å². The summed E-state index contributed by atoms with van der Waals surface area (Å²) in [4.78, 5) is 29.2. The Morgan fingerprint density at radius 3 is 2.48 bits per heavy atom. The Morgan fingerprint density at radius 1 is 1.10 bits per heavy atom. The molecule has 0 bridgehead atoms. The molecular formula is C23H30N4O3S. The molecule has 1 aromatic heterocycles. The molecule has 0 aliphatic heterocycles. The van der Waals surface area contributed by atoms with Gasteiger partial charge in [0.1, 0.15) is 11.8 Å². The highest BCUT2D eigenvalue weighted by atomic mass is 32.1. The highest BCUT2D eigenvalue weighted by molar-refractivity contribution is 7.03. The van der Waals surface area contributed by atoms with E-state index in [0.717, 1.165) is 69.3 Å². The van der Waals surface area contributed by atoms with Crippen LogP contribution in [0.25, 0.3) is 0 Å². The van der Waals surface area contributed by atoms with E-state index in [1.165, 1.54) is 0 Å². The fourth-order valence-corrected chi connectivity index (χ4v) is 5.33. The molecule has 8 heteroatoms. The van der Waals surface area contributed by atoms with Crippen LogP contribution in [0.4, 0.5) is 0 Å². The number of hydrogen-bond acceptors (Lipinski definition) is 6. The first-order valence-corrected chi connectivity index (χ1v) is 12.1. The maximum atomic E-state index is 13.7. The second-order valence-corrected chi connectivity index (χ2v) is 9.04. The molecule has 0 spiro atoms. The van der Waals surface area contributed by atoms with Crippen LogP contribution in [0.15, 0.2) is 29.6 Å². The number of nitrogens with zero attached hydrogens (tertiary/aromatic N) is 3. The standard InChI is InChI=1S/C23H30N4O3S/c1-30-20-14-8-7-13-18(20)21(22(28)24-16-9-5-6-10-16)27(17-11-3-2-4-12-17)23(29)19-15-31-26-25-19/h7-8,13-17,21H,2-6,9-12H2,1H3,(H,24,28). The number of hydrogen-bond donors (Lipinski definition) is 1. The third kappa shape index (κ3) is 4.89. The SMILES string of the molecule is COc1ccccc1C(C(=O)NC1CCCC1)N(C(=O)c1csnn1)C1CCCCC1.